The van der Waals surface area contributed by atoms with Crippen molar-refractivity contribution < 1.29 is 4.79 Å². The van der Waals surface area contributed by atoms with Crippen LogP contribution in [0.3, 0.4) is 0 Å². The summed E-state index contributed by atoms with van der Waals surface area (Å²) >= 11 is 0. The molecule has 2 fully saturated rings. The van der Waals surface area contributed by atoms with Crippen molar-refractivity contribution >= 4 is 5.91 Å². The van der Waals surface area contributed by atoms with E-state index in [9.17, 15) is 4.79 Å². The van der Waals surface area contributed by atoms with E-state index >= 15 is 0 Å². The van der Waals surface area contributed by atoms with Gasteiger partial charge in [0.25, 0.3) is 0 Å². The molecule has 0 saturated carbocycles. The van der Waals surface area contributed by atoms with Crippen molar-refractivity contribution in [1.29, 1.82) is 0 Å². The largest absolute Gasteiger partial charge is 0.336 e. The standard InChI is InChI=1S/C14H22N4O/c1-11-7-12(17(2)16-11)9-18-10-14(8-13(18)19)3-5-15-6-4-14/h7,15H,3-6,8-10H2,1-2H3. The van der Waals surface area contributed by atoms with Crippen LogP contribution in [-0.2, 0) is 18.4 Å². The van der Waals surface area contributed by atoms with E-state index in [1.807, 2.05) is 23.6 Å². The second-order valence-corrected chi connectivity index (χ2v) is 6.08. The van der Waals surface area contributed by atoms with Gasteiger partial charge in [0.1, 0.15) is 0 Å². The van der Waals surface area contributed by atoms with E-state index in [-0.39, 0.29) is 5.41 Å². The number of piperidine rings is 1. The Morgan fingerprint density at radius 1 is 1.42 bits per heavy atom. The number of aryl methyl sites for hydroxylation is 2. The number of rotatable bonds is 2. The first-order valence-corrected chi connectivity index (χ1v) is 7.06. The highest BCUT2D eigenvalue weighted by Crippen LogP contribution is 2.39. The second-order valence-electron chi connectivity index (χ2n) is 6.08. The van der Waals surface area contributed by atoms with E-state index in [0.29, 0.717) is 12.5 Å². The molecule has 2 aliphatic heterocycles. The minimum Gasteiger partial charge on any atom is -0.336 e. The third-order valence-corrected chi connectivity index (χ3v) is 4.52. The zero-order valence-electron chi connectivity index (χ0n) is 11.8. The lowest BCUT2D eigenvalue weighted by Gasteiger charge is -2.33. The second kappa shape index (κ2) is 4.63. The molecule has 1 amide bonds. The Hall–Kier alpha value is -1.36. The molecular formula is C14H22N4O. The van der Waals surface area contributed by atoms with Crippen LogP contribution in [0.2, 0.25) is 0 Å². The quantitative estimate of drug-likeness (QED) is 0.859. The summed E-state index contributed by atoms with van der Waals surface area (Å²) in [5, 5.41) is 7.73. The van der Waals surface area contributed by atoms with Crippen LogP contribution in [-0.4, -0.2) is 40.2 Å². The molecule has 2 aliphatic rings. The van der Waals surface area contributed by atoms with Crippen molar-refractivity contribution in [3.8, 4) is 0 Å². The molecule has 0 unspecified atom stereocenters. The zero-order chi connectivity index (χ0) is 13.5. The van der Waals surface area contributed by atoms with Crippen molar-refractivity contribution in [3.63, 3.8) is 0 Å². The Labute approximate surface area is 114 Å². The lowest BCUT2D eigenvalue weighted by atomic mass is 9.78. The molecule has 1 N–H and O–H groups in total. The van der Waals surface area contributed by atoms with Gasteiger partial charge in [-0.2, -0.15) is 5.10 Å². The van der Waals surface area contributed by atoms with Crippen molar-refractivity contribution in [2.45, 2.75) is 32.7 Å². The molecule has 1 aromatic rings. The van der Waals surface area contributed by atoms with E-state index < -0.39 is 0 Å². The van der Waals surface area contributed by atoms with Gasteiger partial charge in [0, 0.05) is 20.0 Å². The van der Waals surface area contributed by atoms with Gasteiger partial charge in [-0.1, -0.05) is 0 Å². The maximum absolute atomic E-state index is 12.2. The normalized spacial score (nSPS) is 22.4. The molecule has 1 spiro atoms. The van der Waals surface area contributed by atoms with Crippen LogP contribution in [0.25, 0.3) is 0 Å². The number of aromatic nitrogens is 2. The minimum absolute atomic E-state index is 0.232. The molecule has 5 heteroatoms. The topological polar surface area (TPSA) is 50.2 Å². The van der Waals surface area contributed by atoms with Crippen molar-refractivity contribution in [2.75, 3.05) is 19.6 Å². The number of carbonyl (C=O) groups excluding carboxylic acids is 1. The zero-order valence-corrected chi connectivity index (χ0v) is 11.8. The van der Waals surface area contributed by atoms with Crippen molar-refractivity contribution in [1.82, 2.24) is 20.0 Å². The molecule has 0 bridgehead atoms. The Bertz CT molecular complexity index is 488. The van der Waals surface area contributed by atoms with Crippen LogP contribution >= 0.6 is 0 Å². The van der Waals surface area contributed by atoms with Gasteiger partial charge in [-0.25, -0.2) is 0 Å². The smallest absolute Gasteiger partial charge is 0.223 e. The van der Waals surface area contributed by atoms with Gasteiger partial charge in [0.15, 0.2) is 0 Å². The van der Waals surface area contributed by atoms with Crippen LogP contribution in [0, 0.1) is 12.3 Å². The molecule has 0 aliphatic carbocycles. The summed E-state index contributed by atoms with van der Waals surface area (Å²) in [6, 6.07) is 2.07. The summed E-state index contributed by atoms with van der Waals surface area (Å²) in [7, 11) is 1.95. The summed E-state index contributed by atoms with van der Waals surface area (Å²) in [6.45, 7) is 5.70. The van der Waals surface area contributed by atoms with Crippen LogP contribution < -0.4 is 5.32 Å². The van der Waals surface area contributed by atoms with Crippen LogP contribution in [0.1, 0.15) is 30.7 Å². The number of likely N-dealkylation sites (tertiary alicyclic amines) is 1. The summed E-state index contributed by atoms with van der Waals surface area (Å²) in [5.41, 5.74) is 2.37. The van der Waals surface area contributed by atoms with Gasteiger partial charge in [-0.15, -0.1) is 0 Å². The van der Waals surface area contributed by atoms with Gasteiger partial charge >= 0.3 is 0 Å². The molecule has 3 heterocycles. The Balaban J connectivity index is 1.72. The third kappa shape index (κ3) is 2.39. The first-order valence-electron chi connectivity index (χ1n) is 7.06. The number of amides is 1. The fourth-order valence-electron chi connectivity index (χ4n) is 3.43. The lowest BCUT2D eigenvalue weighted by molar-refractivity contribution is -0.128. The third-order valence-electron chi connectivity index (χ3n) is 4.52. The van der Waals surface area contributed by atoms with E-state index in [0.717, 1.165) is 50.3 Å². The number of nitrogens with one attached hydrogen (secondary N) is 1. The summed E-state index contributed by atoms with van der Waals surface area (Å²) in [5.74, 6) is 0.306. The van der Waals surface area contributed by atoms with Crippen LogP contribution in [0.15, 0.2) is 6.07 Å². The molecule has 0 radical (unpaired) electrons. The number of nitrogens with zero attached hydrogens (tertiary/aromatic N) is 3. The van der Waals surface area contributed by atoms with E-state index in [2.05, 4.69) is 16.5 Å². The maximum atomic E-state index is 12.2. The molecule has 1 aromatic heterocycles. The molecule has 2 saturated heterocycles. The van der Waals surface area contributed by atoms with Gasteiger partial charge in [-0.3, -0.25) is 9.48 Å². The highest BCUT2D eigenvalue weighted by molar-refractivity contribution is 5.79. The van der Waals surface area contributed by atoms with Gasteiger partial charge in [0.2, 0.25) is 5.91 Å². The Morgan fingerprint density at radius 3 is 2.79 bits per heavy atom. The van der Waals surface area contributed by atoms with E-state index in [1.54, 1.807) is 0 Å². The van der Waals surface area contributed by atoms with Gasteiger partial charge < -0.3 is 10.2 Å². The average Bonchev–Trinajstić information content (AvgIpc) is 2.82. The molecule has 0 aromatic carbocycles. The highest BCUT2D eigenvalue weighted by atomic mass is 16.2. The summed E-state index contributed by atoms with van der Waals surface area (Å²) < 4.78 is 1.88. The Morgan fingerprint density at radius 2 is 2.16 bits per heavy atom. The molecular weight excluding hydrogens is 240 g/mol. The van der Waals surface area contributed by atoms with Gasteiger partial charge in [-0.05, 0) is 44.3 Å². The molecule has 5 nitrogen and oxygen atoms in total. The first kappa shape index (κ1) is 12.7. The van der Waals surface area contributed by atoms with E-state index in [1.165, 1.54) is 0 Å². The SMILES string of the molecule is Cc1cc(CN2CC3(CCNCC3)CC2=O)n(C)n1. The van der Waals surface area contributed by atoms with Crippen molar-refractivity contribution in [2.24, 2.45) is 12.5 Å². The number of hydrogen-bond acceptors (Lipinski definition) is 3. The molecule has 104 valence electrons. The van der Waals surface area contributed by atoms with Crippen LogP contribution in [0.5, 0.6) is 0 Å². The van der Waals surface area contributed by atoms with Crippen molar-refractivity contribution in [3.05, 3.63) is 17.5 Å². The minimum atomic E-state index is 0.232. The molecule has 3 rings (SSSR count). The van der Waals surface area contributed by atoms with Gasteiger partial charge in [0.05, 0.1) is 17.9 Å². The summed E-state index contributed by atoms with van der Waals surface area (Å²) in [4.78, 5) is 14.3. The van der Waals surface area contributed by atoms with Crippen LogP contribution in [0.4, 0.5) is 0 Å². The predicted octanol–water partition coefficient (Wildman–Crippen LogP) is 0.831. The molecule has 19 heavy (non-hydrogen) atoms. The Kier molecular flexibility index (Phi) is 3.09. The first-order chi connectivity index (χ1) is 9.08. The molecule has 0 atom stereocenters. The fraction of sp³-hybridized carbons (Fsp3) is 0.714. The predicted molar refractivity (Wildman–Crippen MR) is 72.5 cm³/mol. The average molecular weight is 262 g/mol. The lowest BCUT2D eigenvalue weighted by Crippen LogP contribution is -2.38. The monoisotopic (exact) mass is 262 g/mol. The number of hydrogen-bond donors (Lipinski definition) is 1. The summed E-state index contributed by atoms with van der Waals surface area (Å²) in [6.07, 6.45) is 2.98. The van der Waals surface area contributed by atoms with E-state index in [4.69, 9.17) is 0 Å². The fourth-order valence-corrected chi connectivity index (χ4v) is 3.43. The highest BCUT2D eigenvalue weighted by Gasteiger charge is 2.43. The maximum Gasteiger partial charge on any atom is 0.223 e. The number of carbonyl (C=O) groups is 1.